The van der Waals surface area contributed by atoms with Gasteiger partial charge in [-0.15, -0.1) is 0 Å². The number of pyridine rings is 1. The van der Waals surface area contributed by atoms with E-state index in [0.29, 0.717) is 30.9 Å². The van der Waals surface area contributed by atoms with E-state index in [1.54, 1.807) is 19.1 Å². The van der Waals surface area contributed by atoms with Crippen LogP contribution in [0.15, 0.2) is 64.0 Å². The number of oxime groups is 1. The summed E-state index contributed by atoms with van der Waals surface area (Å²) in [7, 11) is -3.32. The fourth-order valence-electron chi connectivity index (χ4n) is 3.46. The van der Waals surface area contributed by atoms with Crippen molar-refractivity contribution in [2.45, 2.75) is 43.9 Å². The van der Waals surface area contributed by atoms with E-state index in [-0.39, 0.29) is 40.2 Å². The van der Waals surface area contributed by atoms with Crippen LogP contribution in [0, 0.1) is 0 Å². The predicted octanol–water partition coefficient (Wildman–Crippen LogP) is 4.34. The molecule has 1 atom stereocenters. The van der Waals surface area contributed by atoms with Crippen LogP contribution >= 0.6 is 0 Å². The van der Waals surface area contributed by atoms with Crippen LogP contribution in [-0.4, -0.2) is 42.9 Å². The molecule has 1 aromatic carbocycles. The van der Waals surface area contributed by atoms with Gasteiger partial charge in [-0.3, -0.25) is 4.79 Å². The molecule has 2 aromatic rings. The summed E-state index contributed by atoms with van der Waals surface area (Å²) in [5.41, 5.74) is 1.63. The van der Waals surface area contributed by atoms with Gasteiger partial charge < -0.3 is 14.7 Å². The second-order valence-corrected chi connectivity index (χ2v) is 9.45. The zero-order chi connectivity index (χ0) is 23.3. The van der Waals surface area contributed by atoms with Gasteiger partial charge in [0.1, 0.15) is 18.1 Å². The fourth-order valence-corrected chi connectivity index (χ4v) is 4.02. The Bertz CT molecular complexity index is 1140. The van der Waals surface area contributed by atoms with Crippen LogP contribution in [0.25, 0.3) is 0 Å². The number of carbonyl (C=O) groups is 1. The zero-order valence-electron chi connectivity index (χ0n) is 18.2. The van der Waals surface area contributed by atoms with Crippen molar-refractivity contribution in [3.05, 3.63) is 59.5 Å². The highest BCUT2D eigenvalue weighted by atomic mass is 32.2. The smallest absolute Gasteiger partial charge is 0.219 e. The van der Waals surface area contributed by atoms with Crippen LogP contribution < -0.4 is 4.74 Å². The van der Waals surface area contributed by atoms with Gasteiger partial charge in [0.05, 0.1) is 16.2 Å². The van der Waals surface area contributed by atoms with Crippen molar-refractivity contribution in [3.8, 4) is 11.6 Å². The molecule has 0 fully saturated rings. The van der Waals surface area contributed by atoms with Crippen LogP contribution in [0.5, 0.6) is 11.6 Å². The molecular weight excluding hydrogens is 432 g/mol. The fraction of sp³-hybridized carbons (Fsp3) is 0.348. The summed E-state index contributed by atoms with van der Waals surface area (Å²) in [5, 5.41) is 14.5. The normalized spacial score (nSPS) is 17.4. The molecule has 1 aromatic heterocycles. The largest absolute Gasteiger partial charge is 0.511 e. The van der Waals surface area contributed by atoms with Crippen molar-refractivity contribution >= 4 is 21.3 Å². The van der Waals surface area contributed by atoms with Crippen molar-refractivity contribution in [2.75, 3.05) is 12.9 Å². The predicted molar refractivity (Wildman–Crippen MR) is 120 cm³/mol. The summed E-state index contributed by atoms with van der Waals surface area (Å²) in [6.07, 6.45) is 3.45. The Morgan fingerprint density at radius 3 is 2.41 bits per heavy atom. The molecule has 0 radical (unpaired) electrons. The molecule has 0 saturated heterocycles. The maximum atomic E-state index is 12.7. The maximum Gasteiger partial charge on any atom is 0.219 e. The summed E-state index contributed by atoms with van der Waals surface area (Å²) in [6.45, 7) is 4.05. The second kappa shape index (κ2) is 9.95. The summed E-state index contributed by atoms with van der Waals surface area (Å²) in [5.74, 6) is 0.506. The number of aliphatic hydroxyl groups excluding tert-OH is 1. The monoisotopic (exact) mass is 458 g/mol. The van der Waals surface area contributed by atoms with Gasteiger partial charge in [0.15, 0.2) is 15.6 Å². The van der Waals surface area contributed by atoms with Crippen molar-refractivity contribution in [1.29, 1.82) is 0 Å². The van der Waals surface area contributed by atoms with Gasteiger partial charge in [-0.1, -0.05) is 24.2 Å². The number of hydrogen-bond acceptors (Lipinski definition) is 8. The second-order valence-electron chi connectivity index (χ2n) is 7.43. The quantitative estimate of drug-likeness (QED) is 0.462. The van der Waals surface area contributed by atoms with Crippen LogP contribution in [0.4, 0.5) is 0 Å². The average molecular weight is 459 g/mol. The van der Waals surface area contributed by atoms with E-state index in [9.17, 15) is 18.3 Å². The summed E-state index contributed by atoms with van der Waals surface area (Å²) in [4.78, 5) is 21.9. The first kappa shape index (κ1) is 23.5. The Hall–Kier alpha value is -3.20. The zero-order valence-corrected chi connectivity index (χ0v) is 19.1. The average Bonchev–Trinajstić information content (AvgIpc) is 2.75. The number of aromatic nitrogens is 1. The van der Waals surface area contributed by atoms with Gasteiger partial charge in [0.25, 0.3) is 0 Å². The maximum absolute atomic E-state index is 12.7. The molecule has 0 spiro atoms. The molecule has 1 aliphatic rings. The summed E-state index contributed by atoms with van der Waals surface area (Å²) < 4.78 is 28.7. The lowest BCUT2D eigenvalue weighted by Crippen LogP contribution is -2.23. The minimum Gasteiger partial charge on any atom is -0.511 e. The molecule has 0 saturated carbocycles. The minimum absolute atomic E-state index is 0.0297. The molecule has 0 bridgehead atoms. The molecule has 1 N–H and O–H groups in total. The highest BCUT2D eigenvalue weighted by Gasteiger charge is 2.31. The van der Waals surface area contributed by atoms with Gasteiger partial charge >= 0.3 is 0 Å². The SMILES string of the molecule is CCO/N=C(/CC)C1=C(O)CC(c2ccc(Oc3ccc(S(C)(=O)=O)cn3)cc2)CC1=O. The summed E-state index contributed by atoms with van der Waals surface area (Å²) in [6, 6.07) is 10.1. The Morgan fingerprint density at radius 2 is 1.88 bits per heavy atom. The third-order valence-electron chi connectivity index (χ3n) is 5.08. The number of allylic oxidation sites excluding steroid dienone is 2. The summed E-state index contributed by atoms with van der Waals surface area (Å²) >= 11 is 0. The van der Waals surface area contributed by atoms with Crippen molar-refractivity contribution < 1.29 is 27.9 Å². The lowest BCUT2D eigenvalue weighted by molar-refractivity contribution is -0.116. The van der Waals surface area contributed by atoms with Crippen LogP contribution in [0.1, 0.15) is 44.6 Å². The topological polar surface area (TPSA) is 115 Å². The number of sulfone groups is 1. The third kappa shape index (κ3) is 5.53. The number of Topliss-reactive ketones (excluding diaryl/α,β-unsaturated/α-hetero) is 1. The molecule has 1 heterocycles. The highest BCUT2D eigenvalue weighted by Crippen LogP contribution is 2.35. The van der Waals surface area contributed by atoms with E-state index in [1.807, 2.05) is 19.1 Å². The first-order chi connectivity index (χ1) is 15.2. The number of nitrogens with zero attached hydrogens (tertiary/aromatic N) is 2. The van der Waals surface area contributed by atoms with E-state index in [2.05, 4.69) is 10.1 Å². The molecular formula is C23H26N2O6S. The van der Waals surface area contributed by atoms with Crippen molar-refractivity contribution in [2.24, 2.45) is 5.16 Å². The molecule has 9 heteroatoms. The number of ether oxygens (including phenoxy) is 1. The number of ketones is 1. The number of carbonyl (C=O) groups excluding carboxylic acids is 1. The Morgan fingerprint density at radius 1 is 1.16 bits per heavy atom. The van der Waals surface area contributed by atoms with Gasteiger partial charge in [-0.05, 0) is 43.0 Å². The molecule has 1 aliphatic carbocycles. The minimum atomic E-state index is -3.32. The van der Waals surface area contributed by atoms with Crippen molar-refractivity contribution in [3.63, 3.8) is 0 Å². The Kier molecular flexibility index (Phi) is 7.29. The van der Waals surface area contributed by atoms with E-state index in [1.165, 1.54) is 18.3 Å². The Balaban J connectivity index is 1.72. The number of benzene rings is 1. The van der Waals surface area contributed by atoms with Gasteiger partial charge in [0.2, 0.25) is 5.88 Å². The molecule has 3 rings (SSSR count). The third-order valence-corrected chi connectivity index (χ3v) is 6.18. The highest BCUT2D eigenvalue weighted by molar-refractivity contribution is 7.90. The first-order valence-electron chi connectivity index (χ1n) is 10.3. The molecule has 170 valence electrons. The number of rotatable bonds is 8. The lowest BCUT2D eigenvalue weighted by atomic mass is 9.81. The molecule has 0 aliphatic heterocycles. The number of hydrogen-bond donors (Lipinski definition) is 1. The standard InChI is InChI=1S/C23H26N2O6S/c1-4-19(25-30-5-2)23-20(26)12-16(13-21(23)27)15-6-8-17(9-7-15)31-22-11-10-18(14-24-22)32(3,28)29/h6-11,14,16,26H,4-5,12-13H2,1-3H3/b25-19-. The lowest BCUT2D eigenvalue weighted by Gasteiger charge is -2.24. The molecule has 1 unspecified atom stereocenters. The molecule has 0 amide bonds. The van der Waals surface area contributed by atoms with Gasteiger partial charge in [0, 0.05) is 31.4 Å². The van der Waals surface area contributed by atoms with E-state index < -0.39 is 9.84 Å². The van der Waals surface area contributed by atoms with Crippen molar-refractivity contribution in [1.82, 2.24) is 4.98 Å². The van der Waals surface area contributed by atoms with Crippen LogP contribution in [-0.2, 0) is 19.5 Å². The molecule has 32 heavy (non-hydrogen) atoms. The number of aliphatic hydroxyl groups is 1. The van der Waals surface area contributed by atoms with Crippen LogP contribution in [0.3, 0.4) is 0 Å². The Labute approximate surface area is 187 Å². The molecule has 8 nitrogen and oxygen atoms in total. The van der Waals surface area contributed by atoms with Gasteiger partial charge in [-0.2, -0.15) is 0 Å². The van der Waals surface area contributed by atoms with E-state index in [4.69, 9.17) is 9.57 Å². The van der Waals surface area contributed by atoms with E-state index >= 15 is 0 Å². The first-order valence-corrected chi connectivity index (χ1v) is 12.2. The van der Waals surface area contributed by atoms with Gasteiger partial charge in [-0.25, -0.2) is 13.4 Å². The van der Waals surface area contributed by atoms with E-state index in [0.717, 1.165) is 11.8 Å². The van der Waals surface area contributed by atoms with Crippen LogP contribution in [0.2, 0.25) is 0 Å².